The van der Waals surface area contributed by atoms with Crippen LogP contribution in [0.5, 0.6) is 0 Å². The lowest BCUT2D eigenvalue weighted by atomic mass is 9.98. The van der Waals surface area contributed by atoms with Crippen molar-refractivity contribution in [3.05, 3.63) is 0 Å². The third-order valence-electron chi connectivity index (χ3n) is 3.59. The molecule has 7 nitrogen and oxygen atoms in total. The molecule has 2 amide bonds. The van der Waals surface area contributed by atoms with E-state index in [-0.39, 0.29) is 11.8 Å². The number of aliphatic carboxylic acids is 1. The van der Waals surface area contributed by atoms with E-state index < -0.39 is 35.9 Å². The summed E-state index contributed by atoms with van der Waals surface area (Å²) in [4.78, 5) is 36.8. The lowest BCUT2D eigenvalue weighted by Gasteiger charge is -2.32. The Morgan fingerprint density at radius 1 is 1.13 bits per heavy atom. The van der Waals surface area contributed by atoms with E-state index in [1.807, 2.05) is 13.8 Å². The minimum Gasteiger partial charge on any atom is -0.480 e. The van der Waals surface area contributed by atoms with Crippen molar-refractivity contribution in [1.82, 2.24) is 15.8 Å². The number of nitrogens with zero attached hydrogens (tertiary/aromatic N) is 1. The average Bonchev–Trinajstić information content (AvgIpc) is 2.43. The average molecular weight is 333 g/mol. The molecule has 0 aliphatic heterocycles. The van der Waals surface area contributed by atoms with Crippen molar-refractivity contribution in [3.8, 4) is 0 Å². The monoisotopic (exact) mass is 333 g/mol. The lowest BCUT2D eigenvalue weighted by Crippen LogP contribution is -2.55. The van der Waals surface area contributed by atoms with Crippen LogP contribution in [0.15, 0.2) is 0 Å². The number of rotatable bonds is 9. The van der Waals surface area contributed by atoms with Gasteiger partial charge < -0.3 is 15.3 Å². The third kappa shape index (κ3) is 6.52. The summed E-state index contributed by atoms with van der Waals surface area (Å²) in [6.07, 6.45) is 0.345. The summed E-state index contributed by atoms with van der Waals surface area (Å²) in [7, 11) is 1.42. The van der Waals surface area contributed by atoms with E-state index in [0.717, 1.165) is 0 Å². The maximum atomic E-state index is 12.9. The van der Waals surface area contributed by atoms with Gasteiger partial charge in [0.05, 0.1) is 0 Å². The Morgan fingerprint density at radius 3 is 2.00 bits per heavy atom. The summed E-state index contributed by atoms with van der Waals surface area (Å²) in [6, 6.07) is -2.99. The Kier molecular flexibility index (Phi) is 8.74. The molecule has 0 fully saturated rings. The number of hydrogen-bond acceptors (Lipinski definition) is 4. The quantitative estimate of drug-likeness (QED) is 0.546. The van der Waals surface area contributed by atoms with Gasteiger partial charge in [-0.3, -0.25) is 14.4 Å². The van der Waals surface area contributed by atoms with E-state index in [1.165, 1.54) is 24.4 Å². The smallest absolute Gasteiger partial charge is 0.325 e. The number of likely N-dealkylation sites (N-methyl/N-ethyl adjacent to an activating group) is 1. The molecule has 8 heteroatoms. The number of hydrogen-bond donors (Lipinski definition) is 3. The van der Waals surface area contributed by atoms with Crippen LogP contribution in [-0.2, 0) is 14.4 Å². The normalized spacial score (nSPS) is 15.2. The van der Waals surface area contributed by atoms with Crippen molar-refractivity contribution in [2.24, 2.45) is 11.8 Å². The summed E-state index contributed by atoms with van der Waals surface area (Å²) in [5.74, 6) is -2.48. The number of carboxylic acids is 1. The van der Waals surface area contributed by atoms with E-state index in [0.29, 0.717) is 6.42 Å². The minimum atomic E-state index is -1.17. The van der Waals surface area contributed by atoms with Crippen LogP contribution in [0.4, 0.5) is 4.48 Å². The number of carbonyl (C=O) groups excluding carboxylic acids is 2. The molecule has 0 heterocycles. The van der Waals surface area contributed by atoms with Gasteiger partial charge in [0, 0.05) is 7.05 Å². The number of nitrogens with one attached hydrogen (secondary N) is 2. The second-order valence-corrected chi connectivity index (χ2v) is 6.49. The SMILES string of the molecule is CC(C)C[C@@H](C(=O)N[C@@H](C)C(=O)O)N(C)C(=O)C(NF)C(C)C. The van der Waals surface area contributed by atoms with Crippen LogP contribution in [0.3, 0.4) is 0 Å². The van der Waals surface area contributed by atoms with Crippen LogP contribution in [0, 0.1) is 11.8 Å². The molecule has 1 unspecified atom stereocenters. The highest BCUT2D eigenvalue weighted by atomic mass is 19.2. The molecule has 0 saturated heterocycles. The Morgan fingerprint density at radius 2 is 1.65 bits per heavy atom. The topological polar surface area (TPSA) is 98.7 Å². The van der Waals surface area contributed by atoms with Crippen molar-refractivity contribution in [1.29, 1.82) is 0 Å². The van der Waals surface area contributed by atoms with E-state index in [9.17, 15) is 18.9 Å². The minimum absolute atomic E-state index is 0.0944. The van der Waals surface area contributed by atoms with Crippen LogP contribution in [0.25, 0.3) is 0 Å². The molecular weight excluding hydrogens is 305 g/mol. The van der Waals surface area contributed by atoms with Crippen molar-refractivity contribution in [2.75, 3.05) is 7.05 Å². The lowest BCUT2D eigenvalue weighted by molar-refractivity contribution is -0.145. The van der Waals surface area contributed by atoms with Crippen LogP contribution in [0.2, 0.25) is 0 Å². The molecule has 0 aromatic rings. The van der Waals surface area contributed by atoms with Crippen LogP contribution < -0.4 is 10.9 Å². The molecule has 3 atom stereocenters. The highest BCUT2D eigenvalue weighted by Gasteiger charge is 2.34. The van der Waals surface area contributed by atoms with Crippen molar-refractivity contribution in [2.45, 2.75) is 59.2 Å². The molecule has 23 heavy (non-hydrogen) atoms. The van der Waals surface area contributed by atoms with Crippen LogP contribution in [-0.4, -0.2) is 53.0 Å². The van der Waals surface area contributed by atoms with Crippen molar-refractivity contribution in [3.63, 3.8) is 0 Å². The van der Waals surface area contributed by atoms with Crippen molar-refractivity contribution >= 4 is 17.8 Å². The fraction of sp³-hybridized carbons (Fsp3) is 0.800. The zero-order chi connectivity index (χ0) is 18.3. The third-order valence-corrected chi connectivity index (χ3v) is 3.59. The highest BCUT2D eigenvalue weighted by Crippen LogP contribution is 2.14. The Balaban J connectivity index is 5.25. The molecule has 0 aromatic carbocycles. The van der Waals surface area contributed by atoms with Crippen LogP contribution in [0.1, 0.15) is 41.0 Å². The summed E-state index contributed by atoms with van der Waals surface area (Å²) < 4.78 is 12.9. The van der Waals surface area contributed by atoms with Gasteiger partial charge in [0.15, 0.2) is 0 Å². The van der Waals surface area contributed by atoms with E-state index >= 15 is 0 Å². The predicted molar refractivity (Wildman–Crippen MR) is 84.1 cm³/mol. The molecule has 0 rings (SSSR count). The molecule has 0 bridgehead atoms. The second kappa shape index (κ2) is 9.44. The maximum Gasteiger partial charge on any atom is 0.325 e. The zero-order valence-corrected chi connectivity index (χ0v) is 14.6. The molecule has 3 N–H and O–H groups in total. The van der Waals surface area contributed by atoms with E-state index in [2.05, 4.69) is 5.32 Å². The Bertz CT molecular complexity index is 429. The predicted octanol–water partition coefficient (Wildman–Crippen LogP) is 0.948. The summed E-state index contributed by atoms with van der Waals surface area (Å²) in [5.41, 5.74) is 1.47. The summed E-state index contributed by atoms with van der Waals surface area (Å²) in [5, 5.41) is 11.2. The van der Waals surface area contributed by atoms with Gasteiger partial charge in [0.2, 0.25) is 11.8 Å². The van der Waals surface area contributed by atoms with Gasteiger partial charge in [-0.1, -0.05) is 27.7 Å². The van der Waals surface area contributed by atoms with Gasteiger partial charge in [0.1, 0.15) is 18.1 Å². The molecule has 0 aliphatic rings. The van der Waals surface area contributed by atoms with Gasteiger partial charge in [-0.25, -0.2) is 0 Å². The van der Waals surface area contributed by atoms with Gasteiger partial charge in [-0.05, 0) is 25.2 Å². The first kappa shape index (κ1) is 21.3. The number of carbonyl (C=O) groups is 3. The highest BCUT2D eigenvalue weighted by molar-refractivity contribution is 5.91. The number of halogens is 1. The fourth-order valence-electron chi connectivity index (χ4n) is 2.09. The first-order valence-electron chi connectivity index (χ1n) is 7.68. The largest absolute Gasteiger partial charge is 0.480 e. The second-order valence-electron chi connectivity index (χ2n) is 6.49. The van der Waals surface area contributed by atoms with E-state index in [4.69, 9.17) is 5.11 Å². The number of amides is 2. The van der Waals surface area contributed by atoms with Gasteiger partial charge >= 0.3 is 5.97 Å². The number of carboxylic acid groups (broad SMARTS) is 1. The first-order valence-corrected chi connectivity index (χ1v) is 7.68. The zero-order valence-electron chi connectivity index (χ0n) is 14.6. The molecule has 0 spiro atoms. The molecule has 0 radical (unpaired) electrons. The molecule has 134 valence electrons. The van der Waals surface area contributed by atoms with Crippen LogP contribution >= 0.6 is 0 Å². The Hall–Kier alpha value is -1.70. The first-order chi connectivity index (χ1) is 10.5. The Labute approximate surface area is 136 Å². The van der Waals surface area contributed by atoms with E-state index in [1.54, 1.807) is 13.8 Å². The standard InChI is InChI=1S/C15H28FN3O4/c1-8(2)7-11(13(20)17-10(5)15(22)23)19(6)14(21)12(18-16)9(3)4/h8-12,18H,7H2,1-6H3,(H,17,20)(H,22,23)/t10-,11-,12?/m0/s1. The molecule has 0 aliphatic carbocycles. The molecule has 0 saturated carbocycles. The summed E-state index contributed by atoms with van der Waals surface area (Å²) >= 11 is 0. The summed E-state index contributed by atoms with van der Waals surface area (Å²) in [6.45, 7) is 8.48. The maximum absolute atomic E-state index is 12.9. The van der Waals surface area contributed by atoms with Gasteiger partial charge in [0.25, 0.3) is 0 Å². The van der Waals surface area contributed by atoms with Crippen molar-refractivity contribution < 1.29 is 24.0 Å². The van der Waals surface area contributed by atoms with Gasteiger partial charge in [-0.15, -0.1) is 10.0 Å². The molecule has 0 aromatic heterocycles. The fourth-order valence-corrected chi connectivity index (χ4v) is 2.09. The molecular formula is C15H28FN3O4. The van der Waals surface area contributed by atoms with Gasteiger partial charge in [-0.2, -0.15) is 0 Å².